The van der Waals surface area contributed by atoms with Gasteiger partial charge in [-0.25, -0.2) is 18.6 Å². The summed E-state index contributed by atoms with van der Waals surface area (Å²) >= 11 is 0. The van der Waals surface area contributed by atoms with E-state index in [9.17, 15) is 13.6 Å². The molecule has 2 aromatic heterocycles. The maximum absolute atomic E-state index is 13.9. The molecule has 2 heterocycles. The summed E-state index contributed by atoms with van der Waals surface area (Å²) in [5, 5.41) is 8.94. The topological polar surface area (TPSA) is 54.6 Å². The fourth-order valence-electron chi connectivity index (χ4n) is 2.09. The lowest BCUT2D eigenvalue weighted by Gasteiger charge is -2.02. The first-order chi connectivity index (χ1) is 9.95. The number of benzene rings is 1. The Bertz CT molecular complexity index is 871. The number of hydrogen-bond acceptors (Lipinski definition) is 2. The van der Waals surface area contributed by atoms with Crippen LogP contribution in [0, 0.1) is 18.6 Å². The van der Waals surface area contributed by atoms with Gasteiger partial charge in [0.2, 0.25) is 0 Å². The number of halogens is 2. The predicted octanol–water partition coefficient (Wildman–Crippen LogP) is 3.29. The number of nitrogens with zero attached hydrogens (tertiary/aromatic N) is 2. The lowest BCUT2D eigenvalue weighted by atomic mass is 10.1. The Labute approximate surface area is 118 Å². The minimum Gasteiger partial charge on any atom is -0.478 e. The second kappa shape index (κ2) is 4.66. The van der Waals surface area contributed by atoms with E-state index in [0.717, 1.165) is 12.1 Å². The number of imidazole rings is 1. The number of rotatable bonds is 2. The Morgan fingerprint density at radius 3 is 2.67 bits per heavy atom. The molecule has 106 valence electrons. The van der Waals surface area contributed by atoms with Crippen molar-refractivity contribution in [3.05, 3.63) is 59.4 Å². The average molecular weight is 288 g/mol. The number of aryl methyl sites for hydroxylation is 1. The first-order valence-corrected chi connectivity index (χ1v) is 6.14. The molecule has 0 spiro atoms. The second-order valence-corrected chi connectivity index (χ2v) is 4.70. The summed E-state index contributed by atoms with van der Waals surface area (Å²) in [6, 6.07) is 5.11. The van der Waals surface area contributed by atoms with Crippen molar-refractivity contribution in [2.75, 3.05) is 0 Å². The highest BCUT2D eigenvalue weighted by Gasteiger charge is 2.13. The SMILES string of the molecule is Cc1cc(F)c(-c2cn3cc(C(=O)O)ccc3n2)cc1F. The van der Waals surface area contributed by atoms with Crippen LogP contribution in [0.15, 0.2) is 36.7 Å². The number of carbonyl (C=O) groups is 1. The molecule has 0 bridgehead atoms. The van der Waals surface area contributed by atoms with Crippen molar-refractivity contribution in [1.29, 1.82) is 0 Å². The van der Waals surface area contributed by atoms with Gasteiger partial charge in [-0.1, -0.05) is 0 Å². The molecule has 1 N–H and O–H groups in total. The van der Waals surface area contributed by atoms with Crippen molar-refractivity contribution in [3.63, 3.8) is 0 Å². The Morgan fingerprint density at radius 1 is 1.19 bits per heavy atom. The molecule has 3 aromatic rings. The van der Waals surface area contributed by atoms with Crippen molar-refractivity contribution in [2.45, 2.75) is 6.92 Å². The van der Waals surface area contributed by atoms with E-state index in [4.69, 9.17) is 5.11 Å². The largest absolute Gasteiger partial charge is 0.478 e. The molecule has 6 heteroatoms. The molecule has 0 saturated heterocycles. The second-order valence-electron chi connectivity index (χ2n) is 4.70. The van der Waals surface area contributed by atoms with E-state index < -0.39 is 17.6 Å². The quantitative estimate of drug-likeness (QED) is 0.787. The van der Waals surface area contributed by atoms with Crippen LogP contribution in [-0.4, -0.2) is 20.5 Å². The molecular formula is C15H10F2N2O2. The number of hydrogen-bond donors (Lipinski definition) is 1. The van der Waals surface area contributed by atoms with E-state index in [-0.39, 0.29) is 22.4 Å². The highest BCUT2D eigenvalue weighted by Crippen LogP contribution is 2.25. The zero-order valence-corrected chi connectivity index (χ0v) is 11.0. The average Bonchev–Trinajstić information content (AvgIpc) is 2.85. The molecule has 0 radical (unpaired) electrons. The van der Waals surface area contributed by atoms with Gasteiger partial charge in [-0.15, -0.1) is 0 Å². The van der Waals surface area contributed by atoms with E-state index in [1.807, 2.05) is 0 Å². The van der Waals surface area contributed by atoms with Gasteiger partial charge in [0.1, 0.15) is 17.3 Å². The molecule has 0 fully saturated rings. The summed E-state index contributed by atoms with van der Waals surface area (Å²) in [5.41, 5.74) is 1.04. The molecule has 0 amide bonds. The van der Waals surface area contributed by atoms with E-state index in [2.05, 4.69) is 4.98 Å². The van der Waals surface area contributed by atoms with Gasteiger partial charge in [0, 0.05) is 18.0 Å². The van der Waals surface area contributed by atoms with Crippen molar-refractivity contribution in [2.24, 2.45) is 0 Å². The third kappa shape index (κ3) is 2.24. The summed E-state index contributed by atoms with van der Waals surface area (Å²) in [5.74, 6) is -2.16. The molecule has 21 heavy (non-hydrogen) atoms. The summed E-state index contributed by atoms with van der Waals surface area (Å²) in [6.45, 7) is 1.48. The van der Waals surface area contributed by atoms with Gasteiger partial charge in [-0.2, -0.15) is 0 Å². The normalized spacial score (nSPS) is 11.0. The van der Waals surface area contributed by atoms with Crippen LogP contribution >= 0.6 is 0 Å². The van der Waals surface area contributed by atoms with E-state index in [1.54, 1.807) is 0 Å². The molecular weight excluding hydrogens is 278 g/mol. The van der Waals surface area contributed by atoms with Crippen LogP contribution in [0.2, 0.25) is 0 Å². The van der Waals surface area contributed by atoms with E-state index >= 15 is 0 Å². The van der Waals surface area contributed by atoms with Crippen LogP contribution in [-0.2, 0) is 0 Å². The Kier molecular flexibility index (Phi) is 2.94. The van der Waals surface area contributed by atoms with Crippen LogP contribution < -0.4 is 0 Å². The molecule has 0 saturated carbocycles. The molecule has 0 aliphatic rings. The number of aromatic carboxylic acids is 1. The number of carboxylic acid groups (broad SMARTS) is 1. The predicted molar refractivity (Wildman–Crippen MR) is 72.2 cm³/mol. The van der Waals surface area contributed by atoms with E-state index in [0.29, 0.717) is 5.65 Å². The fraction of sp³-hybridized carbons (Fsp3) is 0.0667. The van der Waals surface area contributed by atoms with Crippen molar-refractivity contribution in [1.82, 2.24) is 9.38 Å². The van der Waals surface area contributed by atoms with Gasteiger partial charge in [0.15, 0.2) is 0 Å². The van der Waals surface area contributed by atoms with Crippen LogP contribution in [0.1, 0.15) is 15.9 Å². The van der Waals surface area contributed by atoms with E-state index in [1.165, 1.54) is 35.9 Å². The van der Waals surface area contributed by atoms with Crippen LogP contribution in [0.3, 0.4) is 0 Å². The summed E-state index contributed by atoms with van der Waals surface area (Å²) in [4.78, 5) is 15.1. The van der Waals surface area contributed by atoms with Crippen LogP contribution in [0.5, 0.6) is 0 Å². The highest BCUT2D eigenvalue weighted by molar-refractivity contribution is 5.87. The molecule has 4 nitrogen and oxygen atoms in total. The minimum absolute atomic E-state index is 0.0404. The summed E-state index contributed by atoms with van der Waals surface area (Å²) in [6.07, 6.45) is 2.84. The summed E-state index contributed by atoms with van der Waals surface area (Å²) < 4.78 is 29.0. The first kappa shape index (κ1) is 13.2. The number of carboxylic acids is 1. The molecule has 0 atom stereocenters. The molecule has 3 rings (SSSR count). The molecule has 0 aliphatic carbocycles. The molecule has 0 unspecified atom stereocenters. The molecule has 1 aromatic carbocycles. The monoisotopic (exact) mass is 288 g/mol. The third-order valence-corrected chi connectivity index (χ3v) is 3.22. The van der Waals surface area contributed by atoms with Crippen molar-refractivity contribution in [3.8, 4) is 11.3 Å². The maximum atomic E-state index is 13.9. The van der Waals surface area contributed by atoms with Crippen molar-refractivity contribution < 1.29 is 18.7 Å². The van der Waals surface area contributed by atoms with Crippen LogP contribution in [0.25, 0.3) is 16.9 Å². The van der Waals surface area contributed by atoms with Gasteiger partial charge in [-0.05, 0) is 36.8 Å². The highest BCUT2D eigenvalue weighted by atomic mass is 19.1. The zero-order valence-electron chi connectivity index (χ0n) is 11.0. The number of aromatic nitrogens is 2. The number of fused-ring (bicyclic) bond motifs is 1. The third-order valence-electron chi connectivity index (χ3n) is 3.22. The Balaban J connectivity index is 2.17. The standard InChI is InChI=1S/C15H10F2N2O2/c1-8-4-12(17)10(5-11(8)16)13-7-19-6-9(15(20)21)2-3-14(19)18-13/h2-7H,1H3,(H,20,21). The first-order valence-electron chi connectivity index (χ1n) is 6.14. The minimum atomic E-state index is -1.07. The van der Waals surface area contributed by atoms with Gasteiger partial charge in [0.05, 0.1) is 11.3 Å². The summed E-state index contributed by atoms with van der Waals surface area (Å²) in [7, 11) is 0. The van der Waals surface area contributed by atoms with Gasteiger partial charge in [0.25, 0.3) is 0 Å². The Hall–Kier alpha value is -2.76. The van der Waals surface area contributed by atoms with Gasteiger partial charge < -0.3 is 9.51 Å². The van der Waals surface area contributed by atoms with Crippen LogP contribution in [0.4, 0.5) is 8.78 Å². The molecule has 0 aliphatic heterocycles. The zero-order chi connectivity index (χ0) is 15.1. The van der Waals surface area contributed by atoms with Gasteiger partial charge in [-0.3, -0.25) is 0 Å². The lowest BCUT2D eigenvalue weighted by molar-refractivity contribution is 0.0696. The van der Waals surface area contributed by atoms with Gasteiger partial charge >= 0.3 is 5.97 Å². The maximum Gasteiger partial charge on any atom is 0.337 e. The number of pyridine rings is 1. The fourth-order valence-corrected chi connectivity index (χ4v) is 2.09. The Morgan fingerprint density at radius 2 is 1.95 bits per heavy atom. The smallest absolute Gasteiger partial charge is 0.337 e. The van der Waals surface area contributed by atoms with Crippen molar-refractivity contribution >= 4 is 11.6 Å². The lowest BCUT2D eigenvalue weighted by Crippen LogP contribution is -1.97.